The van der Waals surface area contributed by atoms with Gasteiger partial charge in [-0.2, -0.15) is 11.8 Å². The molecule has 0 aliphatic carbocycles. The number of rotatable bonds is 10. The van der Waals surface area contributed by atoms with Crippen molar-refractivity contribution in [3.8, 4) is 0 Å². The standard InChI is InChI=1S/C23H21ClFIN2O3S2/c24-21-7-4-8-22(25)20(21)16-32-14-13-27-23(29)15-28(18-11-9-17(26)10-12-18)33(30,31)19-5-2-1-3-6-19/h1-12H,13-16H2,(H,27,29). The van der Waals surface area contributed by atoms with Crippen LogP contribution in [0.1, 0.15) is 5.56 Å². The molecule has 3 rings (SSSR count). The van der Waals surface area contributed by atoms with Crippen molar-refractivity contribution >= 4 is 67.6 Å². The van der Waals surface area contributed by atoms with Crippen LogP contribution in [0.5, 0.6) is 0 Å². The molecule has 0 aliphatic heterocycles. The van der Waals surface area contributed by atoms with Gasteiger partial charge in [-0.25, -0.2) is 12.8 Å². The summed E-state index contributed by atoms with van der Waals surface area (Å²) in [6, 6.07) is 19.4. The average molecular weight is 619 g/mol. The fourth-order valence-electron chi connectivity index (χ4n) is 2.94. The van der Waals surface area contributed by atoms with Crippen LogP contribution < -0.4 is 9.62 Å². The average Bonchev–Trinajstić information content (AvgIpc) is 2.80. The molecule has 1 N–H and O–H groups in total. The third kappa shape index (κ3) is 7.08. The molecule has 0 spiro atoms. The van der Waals surface area contributed by atoms with Crippen LogP contribution in [0.25, 0.3) is 0 Å². The largest absolute Gasteiger partial charge is 0.354 e. The van der Waals surface area contributed by atoms with E-state index < -0.39 is 15.9 Å². The number of sulfonamides is 1. The third-order valence-corrected chi connectivity index (χ3v) is 8.46. The molecule has 0 saturated heterocycles. The zero-order chi connectivity index (χ0) is 23.8. The predicted molar refractivity (Wildman–Crippen MR) is 141 cm³/mol. The monoisotopic (exact) mass is 618 g/mol. The van der Waals surface area contributed by atoms with Crippen LogP contribution in [0.3, 0.4) is 0 Å². The molecular formula is C23H21ClFIN2O3S2. The highest BCUT2D eigenvalue weighted by Crippen LogP contribution is 2.25. The van der Waals surface area contributed by atoms with Crippen LogP contribution in [0, 0.1) is 9.39 Å². The molecule has 0 unspecified atom stereocenters. The molecule has 0 heterocycles. The Morgan fingerprint density at radius 3 is 2.39 bits per heavy atom. The van der Waals surface area contributed by atoms with Gasteiger partial charge in [-0.15, -0.1) is 0 Å². The fourth-order valence-corrected chi connectivity index (χ4v) is 5.93. The van der Waals surface area contributed by atoms with E-state index in [1.165, 1.54) is 30.0 Å². The van der Waals surface area contributed by atoms with Crippen molar-refractivity contribution in [2.45, 2.75) is 10.6 Å². The number of benzene rings is 3. The minimum Gasteiger partial charge on any atom is -0.354 e. The third-order valence-electron chi connectivity index (χ3n) is 4.61. The number of thioether (sulfide) groups is 1. The number of halogens is 3. The van der Waals surface area contributed by atoms with E-state index in [0.717, 1.165) is 7.88 Å². The molecule has 0 aromatic heterocycles. The lowest BCUT2D eigenvalue weighted by molar-refractivity contribution is -0.119. The Balaban J connectivity index is 1.62. The first-order valence-electron chi connectivity index (χ1n) is 9.90. The lowest BCUT2D eigenvalue weighted by Crippen LogP contribution is -2.41. The number of hydrogen-bond acceptors (Lipinski definition) is 4. The Morgan fingerprint density at radius 1 is 1.03 bits per heavy atom. The Bertz CT molecular complexity index is 1180. The topological polar surface area (TPSA) is 66.5 Å². The molecule has 0 aliphatic rings. The van der Waals surface area contributed by atoms with Gasteiger partial charge in [-0.3, -0.25) is 9.10 Å². The van der Waals surface area contributed by atoms with Crippen molar-refractivity contribution in [2.24, 2.45) is 0 Å². The van der Waals surface area contributed by atoms with E-state index >= 15 is 0 Å². The van der Waals surface area contributed by atoms with Crippen molar-refractivity contribution in [3.63, 3.8) is 0 Å². The van der Waals surface area contributed by atoms with Gasteiger partial charge in [0.05, 0.1) is 10.6 Å². The molecule has 10 heteroatoms. The SMILES string of the molecule is O=C(CN(c1ccc(I)cc1)S(=O)(=O)c1ccccc1)NCCSCc1c(F)cccc1Cl. The first kappa shape index (κ1) is 25.8. The van der Waals surface area contributed by atoms with Crippen LogP contribution >= 0.6 is 46.0 Å². The maximum absolute atomic E-state index is 13.8. The van der Waals surface area contributed by atoms with E-state index in [9.17, 15) is 17.6 Å². The molecule has 3 aromatic rings. The highest BCUT2D eigenvalue weighted by molar-refractivity contribution is 14.1. The molecule has 0 saturated carbocycles. The number of carbonyl (C=O) groups excluding carboxylic acids is 1. The summed E-state index contributed by atoms with van der Waals surface area (Å²) in [6.07, 6.45) is 0. The zero-order valence-electron chi connectivity index (χ0n) is 17.4. The highest BCUT2D eigenvalue weighted by atomic mass is 127. The van der Waals surface area contributed by atoms with Gasteiger partial charge < -0.3 is 5.32 Å². The molecule has 3 aromatic carbocycles. The lowest BCUT2D eigenvalue weighted by Gasteiger charge is -2.24. The minimum atomic E-state index is -3.93. The van der Waals surface area contributed by atoms with Crippen LogP contribution in [0.15, 0.2) is 77.7 Å². The Kier molecular flexibility index (Phi) is 9.42. The summed E-state index contributed by atoms with van der Waals surface area (Å²) in [5, 5.41) is 3.11. The second-order valence-corrected chi connectivity index (χ2v) is 11.5. The number of anilines is 1. The molecule has 0 radical (unpaired) electrons. The quantitative estimate of drug-likeness (QED) is 0.247. The van der Waals surface area contributed by atoms with E-state index in [1.54, 1.807) is 54.6 Å². The molecule has 33 heavy (non-hydrogen) atoms. The molecule has 174 valence electrons. The van der Waals surface area contributed by atoms with E-state index in [2.05, 4.69) is 27.9 Å². The van der Waals surface area contributed by atoms with E-state index in [0.29, 0.717) is 34.3 Å². The van der Waals surface area contributed by atoms with Gasteiger partial charge in [0.15, 0.2) is 0 Å². The Morgan fingerprint density at radius 2 is 1.73 bits per heavy atom. The first-order chi connectivity index (χ1) is 15.8. The summed E-state index contributed by atoms with van der Waals surface area (Å²) in [5.41, 5.74) is 0.826. The van der Waals surface area contributed by atoms with Gasteiger partial charge in [0, 0.05) is 32.2 Å². The number of nitrogens with zero attached hydrogens (tertiary/aromatic N) is 1. The van der Waals surface area contributed by atoms with Crippen molar-refractivity contribution in [2.75, 3.05) is 23.1 Å². The maximum atomic E-state index is 13.8. The molecule has 1 amide bonds. The van der Waals surface area contributed by atoms with Crippen LogP contribution in [0.4, 0.5) is 10.1 Å². The van der Waals surface area contributed by atoms with Gasteiger partial charge in [-0.05, 0) is 71.1 Å². The summed E-state index contributed by atoms with van der Waals surface area (Å²) in [6.45, 7) is -0.0525. The van der Waals surface area contributed by atoms with Crippen LogP contribution in [-0.2, 0) is 20.6 Å². The summed E-state index contributed by atoms with van der Waals surface area (Å²) in [7, 11) is -3.93. The summed E-state index contributed by atoms with van der Waals surface area (Å²) in [4.78, 5) is 12.7. The van der Waals surface area contributed by atoms with Gasteiger partial charge in [-0.1, -0.05) is 35.9 Å². The lowest BCUT2D eigenvalue weighted by atomic mass is 10.2. The molecule has 5 nitrogen and oxygen atoms in total. The second kappa shape index (κ2) is 12.0. The van der Waals surface area contributed by atoms with Crippen molar-refractivity contribution in [1.82, 2.24) is 5.32 Å². The number of hydrogen-bond donors (Lipinski definition) is 1. The number of nitrogens with one attached hydrogen (secondary N) is 1. The predicted octanol–water partition coefficient (Wildman–Crippen LogP) is 5.33. The molecule has 0 atom stereocenters. The molecule has 0 fully saturated rings. The summed E-state index contributed by atoms with van der Waals surface area (Å²) < 4.78 is 42.4. The minimum absolute atomic E-state index is 0.105. The van der Waals surface area contributed by atoms with Crippen molar-refractivity contribution in [3.05, 3.63) is 92.8 Å². The van der Waals surface area contributed by atoms with Gasteiger partial charge in [0.2, 0.25) is 5.91 Å². The van der Waals surface area contributed by atoms with E-state index in [4.69, 9.17) is 11.6 Å². The Hall–Kier alpha value is -1.82. The van der Waals surface area contributed by atoms with Gasteiger partial charge >= 0.3 is 0 Å². The molecule has 0 bridgehead atoms. The highest BCUT2D eigenvalue weighted by Gasteiger charge is 2.27. The molecular weight excluding hydrogens is 598 g/mol. The normalized spacial score (nSPS) is 11.2. The first-order valence-corrected chi connectivity index (χ1v) is 13.9. The fraction of sp³-hybridized carbons (Fsp3) is 0.174. The smallest absolute Gasteiger partial charge is 0.264 e. The van der Waals surface area contributed by atoms with Crippen LogP contribution in [-0.4, -0.2) is 33.2 Å². The zero-order valence-corrected chi connectivity index (χ0v) is 21.9. The van der Waals surface area contributed by atoms with E-state index in [-0.39, 0.29) is 17.3 Å². The summed E-state index contributed by atoms with van der Waals surface area (Å²) in [5.74, 6) is 0.0973. The second-order valence-electron chi connectivity index (χ2n) is 6.90. The maximum Gasteiger partial charge on any atom is 0.264 e. The Labute approximate surface area is 215 Å². The van der Waals surface area contributed by atoms with Crippen molar-refractivity contribution in [1.29, 1.82) is 0 Å². The van der Waals surface area contributed by atoms with E-state index in [1.807, 2.05) is 0 Å². The van der Waals surface area contributed by atoms with Crippen LogP contribution in [0.2, 0.25) is 5.02 Å². The van der Waals surface area contributed by atoms with Gasteiger partial charge in [0.25, 0.3) is 10.0 Å². The van der Waals surface area contributed by atoms with Gasteiger partial charge in [0.1, 0.15) is 12.4 Å². The summed E-state index contributed by atoms with van der Waals surface area (Å²) >= 11 is 9.58. The van der Waals surface area contributed by atoms with Crippen molar-refractivity contribution < 1.29 is 17.6 Å². The number of amides is 1. The number of carbonyl (C=O) groups is 1.